The molecule has 0 aliphatic heterocycles. The van der Waals surface area contributed by atoms with Gasteiger partial charge in [-0.2, -0.15) is 0 Å². The van der Waals surface area contributed by atoms with Gasteiger partial charge in [0, 0.05) is 0 Å². The summed E-state index contributed by atoms with van der Waals surface area (Å²) in [6.07, 6.45) is 7.47. The van der Waals surface area contributed by atoms with Gasteiger partial charge in [-0.05, 0) is 56.1 Å². The zero-order valence-corrected chi connectivity index (χ0v) is 10.4. The van der Waals surface area contributed by atoms with Crippen molar-refractivity contribution in [2.45, 2.75) is 60.3 Å². The Balaban J connectivity index is 3.03. The van der Waals surface area contributed by atoms with E-state index in [0.29, 0.717) is 5.41 Å². The van der Waals surface area contributed by atoms with Crippen molar-refractivity contribution in [3.05, 3.63) is 22.8 Å². The van der Waals surface area contributed by atoms with E-state index in [1.807, 2.05) is 0 Å². The Bertz CT molecular complexity index is 253. The van der Waals surface area contributed by atoms with Gasteiger partial charge < -0.3 is 0 Å². The molecule has 1 aliphatic carbocycles. The van der Waals surface area contributed by atoms with Crippen molar-refractivity contribution in [1.29, 1.82) is 0 Å². The number of rotatable bonds is 4. The highest BCUT2D eigenvalue weighted by atomic mass is 14.4. The average molecular weight is 192 g/mol. The highest BCUT2D eigenvalue weighted by molar-refractivity contribution is 5.44. The largest absolute Gasteiger partial charge is 0.0764 e. The van der Waals surface area contributed by atoms with Crippen LogP contribution in [0.1, 0.15) is 60.3 Å². The Labute approximate surface area is 89.1 Å². The minimum atomic E-state index is 0.460. The van der Waals surface area contributed by atoms with Gasteiger partial charge in [0.25, 0.3) is 0 Å². The van der Waals surface area contributed by atoms with E-state index in [0.717, 1.165) is 0 Å². The molecule has 1 aliphatic rings. The second-order valence-electron chi connectivity index (χ2n) is 4.57. The zero-order chi connectivity index (χ0) is 10.8. The van der Waals surface area contributed by atoms with E-state index < -0.39 is 0 Å². The lowest BCUT2D eigenvalue weighted by atomic mass is 9.71. The van der Waals surface area contributed by atoms with Crippen molar-refractivity contribution in [2.75, 3.05) is 0 Å². The molecular formula is C14H24. The molecule has 0 spiro atoms. The maximum atomic E-state index is 2.46. The predicted molar refractivity (Wildman–Crippen MR) is 64.4 cm³/mol. The van der Waals surface area contributed by atoms with Crippen LogP contribution in [0, 0.1) is 5.41 Å². The van der Waals surface area contributed by atoms with Crippen LogP contribution in [0.25, 0.3) is 0 Å². The topological polar surface area (TPSA) is 0 Å². The minimum Gasteiger partial charge on any atom is -0.0764 e. The quantitative estimate of drug-likeness (QED) is 0.596. The lowest BCUT2D eigenvalue weighted by Crippen LogP contribution is -2.20. The first kappa shape index (κ1) is 11.6. The summed E-state index contributed by atoms with van der Waals surface area (Å²) in [6, 6.07) is 0. The van der Waals surface area contributed by atoms with Gasteiger partial charge in [-0.1, -0.05) is 32.4 Å². The molecule has 0 bridgehead atoms. The molecule has 0 saturated heterocycles. The van der Waals surface area contributed by atoms with E-state index in [9.17, 15) is 0 Å². The third-order valence-electron chi connectivity index (χ3n) is 4.26. The molecule has 0 aromatic carbocycles. The summed E-state index contributed by atoms with van der Waals surface area (Å²) < 4.78 is 0. The summed E-state index contributed by atoms with van der Waals surface area (Å²) in [4.78, 5) is 0. The van der Waals surface area contributed by atoms with Crippen LogP contribution in [-0.4, -0.2) is 0 Å². The Kier molecular flexibility index (Phi) is 3.58. The summed E-state index contributed by atoms with van der Waals surface area (Å²) in [7, 11) is 0. The molecule has 0 saturated carbocycles. The number of hydrogen-bond donors (Lipinski definition) is 0. The standard InChI is InChI=1S/C14H24/c1-6-14(7-2,8-3)13-10-9-11(4)12(13)5/h10H,6-9H2,1-5H3. The molecule has 0 aromatic rings. The molecule has 80 valence electrons. The molecule has 0 heteroatoms. The summed E-state index contributed by atoms with van der Waals surface area (Å²) >= 11 is 0. The summed E-state index contributed by atoms with van der Waals surface area (Å²) in [5, 5.41) is 0. The van der Waals surface area contributed by atoms with Crippen LogP contribution >= 0.6 is 0 Å². The van der Waals surface area contributed by atoms with Gasteiger partial charge in [0.15, 0.2) is 0 Å². The van der Waals surface area contributed by atoms with Crippen LogP contribution in [-0.2, 0) is 0 Å². The lowest BCUT2D eigenvalue weighted by Gasteiger charge is -2.33. The SMILES string of the molecule is CCC(CC)(CC)C1=CCC(C)=C1C. The lowest BCUT2D eigenvalue weighted by molar-refractivity contribution is 0.319. The second kappa shape index (κ2) is 4.33. The highest BCUT2D eigenvalue weighted by Crippen LogP contribution is 2.45. The summed E-state index contributed by atoms with van der Waals surface area (Å²) in [5.74, 6) is 0. The molecular weight excluding hydrogens is 168 g/mol. The number of hydrogen-bond acceptors (Lipinski definition) is 0. The molecule has 14 heavy (non-hydrogen) atoms. The molecule has 0 amide bonds. The Morgan fingerprint density at radius 2 is 1.57 bits per heavy atom. The fraction of sp³-hybridized carbons (Fsp3) is 0.714. The molecule has 0 nitrogen and oxygen atoms in total. The minimum absolute atomic E-state index is 0.460. The molecule has 0 atom stereocenters. The fourth-order valence-corrected chi connectivity index (χ4v) is 2.73. The Morgan fingerprint density at radius 1 is 1.07 bits per heavy atom. The van der Waals surface area contributed by atoms with Crippen LogP contribution in [0.4, 0.5) is 0 Å². The zero-order valence-electron chi connectivity index (χ0n) is 10.4. The van der Waals surface area contributed by atoms with E-state index in [1.54, 1.807) is 16.7 Å². The van der Waals surface area contributed by atoms with Crippen molar-refractivity contribution >= 4 is 0 Å². The first-order valence-electron chi connectivity index (χ1n) is 5.98. The van der Waals surface area contributed by atoms with Crippen LogP contribution in [0.5, 0.6) is 0 Å². The van der Waals surface area contributed by atoms with E-state index in [1.165, 1.54) is 25.7 Å². The summed E-state index contributed by atoms with van der Waals surface area (Å²) in [5.41, 5.74) is 5.24. The molecule has 0 fully saturated rings. The van der Waals surface area contributed by atoms with E-state index in [4.69, 9.17) is 0 Å². The van der Waals surface area contributed by atoms with E-state index in [2.05, 4.69) is 40.7 Å². The third kappa shape index (κ3) is 1.67. The van der Waals surface area contributed by atoms with Crippen molar-refractivity contribution in [3.8, 4) is 0 Å². The Morgan fingerprint density at radius 3 is 1.86 bits per heavy atom. The maximum absolute atomic E-state index is 2.46. The molecule has 0 aromatic heterocycles. The first-order valence-corrected chi connectivity index (χ1v) is 5.98. The van der Waals surface area contributed by atoms with Crippen molar-refractivity contribution in [1.82, 2.24) is 0 Å². The van der Waals surface area contributed by atoms with Crippen LogP contribution in [0.2, 0.25) is 0 Å². The van der Waals surface area contributed by atoms with Gasteiger partial charge in [0.2, 0.25) is 0 Å². The molecule has 0 unspecified atom stereocenters. The predicted octanol–water partition coefficient (Wildman–Crippen LogP) is 4.87. The summed E-state index contributed by atoms with van der Waals surface area (Å²) in [6.45, 7) is 11.5. The normalized spacial score (nSPS) is 17.6. The van der Waals surface area contributed by atoms with Gasteiger partial charge in [-0.25, -0.2) is 0 Å². The van der Waals surface area contributed by atoms with Crippen LogP contribution in [0.15, 0.2) is 22.8 Å². The van der Waals surface area contributed by atoms with Crippen molar-refractivity contribution in [3.63, 3.8) is 0 Å². The first-order chi connectivity index (χ1) is 6.61. The fourth-order valence-electron chi connectivity index (χ4n) is 2.73. The van der Waals surface area contributed by atoms with Gasteiger partial charge in [-0.3, -0.25) is 0 Å². The molecule has 0 N–H and O–H groups in total. The third-order valence-corrected chi connectivity index (χ3v) is 4.26. The van der Waals surface area contributed by atoms with Crippen LogP contribution in [0.3, 0.4) is 0 Å². The van der Waals surface area contributed by atoms with Gasteiger partial charge >= 0.3 is 0 Å². The number of allylic oxidation sites excluding steroid dienone is 4. The monoisotopic (exact) mass is 192 g/mol. The Hall–Kier alpha value is -0.520. The average Bonchev–Trinajstić information content (AvgIpc) is 2.54. The van der Waals surface area contributed by atoms with E-state index >= 15 is 0 Å². The molecule has 0 radical (unpaired) electrons. The van der Waals surface area contributed by atoms with E-state index in [-0.39, 0.29) is 0 Å². The maximum Gasteiger partial charge on any atom is -0.00553 e. The smallest absolute Gasteiger partial charge is 0.00553 e. The van der Waals surface area contributed by atoms with Gasteiger partial charge in [0.05, 0.1) is 0 Å². The molecule has 0 heterocycles. The van der Waals surface area contributed by atoms with Crippen molar-refractivity contribution < 1.29 is 0 Å². The van der Waals surface area contributed by atoms with Gasteiger partial charge in [0.1, 0.15) is 0 Å². The van der Waals surface area contributed by atoms with Gasteiger partial charge in [-0.15, -0.1) is 0 Å². The van der Waals surface area contributed by atoms with Crippen LogP contribution < -0.4 is 0 Å². The second-order valence-corrected chi connectivity index (χ2v) is 4.57. The molecule has 1 rings (SSSR count). The highest BCUT2D eigenvalue weighted by Gasteiger charge is 2.31. The van der Waals surface area contributed by atoms with Crippen molar-refractivity contribution in [2.24, 2.45) is 5.41 Å².